The molecule has 0 spiro atoms. The van der Waals surface area contributed by atoms with Gasteiger partial charge in [0.25, 0.3) is 0 Å². The second-order valence-electron chi connectivity index (χ2n) is 5.37. The fourth-order valence-corrected chi connectivity index (χ4v) is 2.28. The van der Waals surface area contributed by atoms with Gasteiger partial charge >= 0.3 is 0 Å². The van der Waals surface area contributed by atoms with E-state index >= 15 is 0 Å². The van der Waals surface area contributed by atoms with Gasteiger partial charge in [0.15, 0.2) is 5.96 Å². The fraction of sp³-hybridized carbons (Fsp3) is 0.412. The van der Waals surface area contributed by atoms with Crippen LogP contribution in [0.15, 0.2) is 47.7 Å². The van der Waals surface area contributed by atoms with Crippen LogP contribution >= 0.6 is 0 Å². The van der Waals surface area contributed by atoms with Crippen LogP contribution in [-0.4, -0.2) is 49.1 Å². The van der Waals surface area contributed by atoms with Gasteiger partial charge in [-0.25, -0.2) is 4.68 Å². The van der Waals surface area contributed by atoms with E-state index in [4.69, 9.17) is 4.74 Å². The molecule has 6 nitrogen and oxygen atoms in total. The Morgan fingerprint density at radius 2 is 2.13 bits per heavy atom. The molecule has 0 aliphatic heterocycles. The highest BCUT2D eigenvalue weighted by Crippen LogP contribution is 2.08. The summed E-state index contributed by atoms with van der Waals surface area (Å²) in [6, 6.07) is 10.6. The van der Waals surface area contributed by atoms with Gasteiger partial charge in [0.2, 0.25) is 0 Å². The number of nitrogens with zero attached hydrogens (tertiary/aromatic N) is 3. The molecular formula is C17H25N5O. The van der Waals surface area contributed by atoms with Crippen molar-refractivity contribution in [2.75, 3.05) is 27.3 Å². The van der Waals surface area contributed by atoms with E-state index in [2.05, 4.69) is 51.9 Å². The van der Waals surface area contributed by atoms with Gasteiger partial charge in [-0.2, -0.15) is 5.10 Å². The van der Waals surface area contributed by atoms with Crippen molar-refractivity contribution in [2.24, 2.45) is 4.99 Å². The lowest BCUT2D eigenvalue weighted by atomic mass is 10.1. The molecule has 2 N–H and O–H groups in total. The Labute approximate surface area is 137 Å². The van der Waals surface area contributed by atoms with Crippen LogP contribution in [0.4, 0.5) is 0 Å². The summed E-state index contributed by atoms with van der Waals surface area (Å²) in [5, 5.41) is 10.8. The highest BCUT2D eigenvalue weighted by Gasteiger charge is 2.04. The normalized spacial score (nSPS) is 12.9. The number of benzene rings is 1. The van der Waals surface area contributed by atoms with Crippen molar-refractivity contribution in [2.45, 2.75) is 19.4 Å². The minimum absolute atomic E-state index is 0.222. The van der Waals surface area contributed by atoms with E-state index in [9.17, 15) is 0 Å². The molecule has 2 rings (SSSR count). The number of hydrogen-bond donors (Lipinski definition) is 2. The zero-order valence-electron chi connectivity index (χ0n) is 14.0. The molecule has 0 aliphatic carbocycles. The lowest BCUT2D eigenvalue weighted by molar-refractivity contribution is 0.179. The number of rotatable bonds is 7. The second kappa shape index (κ2) is 8.95. The Morgan fingerprint density at radius 3 is 2.74 bits per heavy atom. The summed E-state index contributed by atoms with van der Waals surface area (Å²) in [6.45, 7) is 3.53. The van der Waals surface area contributed by atoms with Crippen molar-refractivity contribution in [3.8, 4) is 5.69 Å². The molecule has 0 fully saturated rings. The predicted octanol–water partition coefficient (Wildman–Crippen LogP) is 1.61. The summed E-state index contributed by atoms with van der Waals surface area (Å²) in [5.41, 5.74) is 2.34. The van der Waals surface area contributed by atoms with Crippen LogP contribution in [0, 0.1) is 0 Å². The monoisotopic (exact) mass is 315 g/mol. The molecule has 23 heavy (non-hydrogen) atoms. The quantitative estimate of drug-likeness (QED) is 0.602. The molecule has 0 amide bonds. The van der Waals surface area contributed by atoms with Gasteiger partial charge in [0.05, 0.1) is 12.3 Å². The zero-order valence-corrected chi connectivity index (χ0v) is 14.0. The van der Waals surface area contributed by atoms with Gasteiger partial charge in [-0.1, -0.05) is 12.1 Å². The highest BCUT2D eigenvalue weighted by molar-refractivity contribution is 5.79. The van der Waals surface area contributed by atoms with E-state index in [-0.39, 0.29) is 6.04 Å². The summed E-state index contributed by atoms with van der Waals surface area (Å²) in [6.07, 6.45) is 4.65. The van der Waals surface area contributed by atoms with Gasteiger partial charge in [0.1, 0.15) is 0 Å². The van der Waals surface area contributed by atoms with Crippen LogP contribution in [0.1, 0.15) is 12.5 Å². The number of hydrogen-bond acceptors (Lipinski definition) is 3. The number of nitrogens with one attached hydrogen (secondary N) is 2. The van der Waals surface area contributed by atoms with E-state index < -0.39 is 0 Å². The first-order chi connectivity index (χ1) is 11.2. The molecule has 1 aromatic carbocycles. The molecule has 124 valence electrons. The third-order valence-corrected chi connectivity index (χ3v) is 3.43. The SMILES string of the molecule is CN=C(NCCc1ccc(-n2cccn2)cc1)NC(C)COC. The Morgan fingerprint density at radius 1 is 1.35 bits per heavy atom. The van der Waals surface area contributed by atoms with Gasteiger partial charge in [-0.3, -0.25) is 4.99 Å². The molecule has 0 bridgehead atoms. The first kappa shape index (κ1) is 17.0. The Kier molecular flexibility index (Phi) is 6.62. The molecular weight excluding hydrogens is 290 g/mol. The number of ether oxygens (including phenoxy) is 1. The van der Waals surface area contributed by atoms with Crippen molar-refractivity contribution in [3.05, 3.63) is 48.3 Å². The molecule has 0 saturated heterocycles. The maximum Gasteiger partial charge on any atom is 0.191 e. The molecule has 1 atom stereocenters. The first-order valence-electron chi connectivity index (χ1n) is 7.78. The average molecular weight is 315 g/mol. The van der Waals surface area contributed by atoms with Gasteiger partial charge in [-0.15, -0.1) is 0 Å². The largest absolute Gasteiger partial charge is 0.383 e. The van der Waals surface area contributed by atoms with E-state index in [1.807, 2.05) is 16.9 Å². The smallest absolute Gasteiger partial charge is 0.191 e. The zero-order chi connectivity index (χ0) is 16.5. The standard InChI is InChI=1S/C17H25N5O/c1-14(13-23-3)21-17(18-2)19-11-9-15-5-7-16(8-6-15)22-12-4-10-20-22/h4-8,10,12,14H,9,11,13H2,1-3H3,(H2,18,19,21). The third kappa shape index (κ3) is 5.41. The third-order valence-electron chi connectivity index (χ3n) is 3.43. The Balaban J connectivity index is 1.79. The fourth-order valence-electron chi connectivity index (χ4n) is 2.28. The van der Waals surface area contributed by atoms with Crippen molar-refractivity contribution < 1.29 is 4.74 Å². The van der Waals surface area contributed by atoms with Crippen molar-refractivity contribution in [1.82, 2.24) is 20.4 Å². The van der Waals surface area contributed by atoms with Crippen LogP contribution in [0.2, 0.25) is 0 Å². The van der Waals surface area contributed by atoms with Crippen LogP contribution in [0.3, 0.4) is 0 Å². The van der Waals surface area contributed by atoms with Crippen LogP contribution < -0.4 is 10.6 Å². The molecule has 1 unspecified atom stereocenters. The van der Waals surface area contributed by atoms with Crippen LogP contribution in [-0.2, 0) is 11.2 Å². The lowest BCUT2D eigenvalue weighted by Crippen LogP contribution is -2.44. The average Bonchev–Trinajstić information content (AvgIpc) is 3.09. The first-order valence-corrected chi connectivity index (χ1v) is 7.78. The summed E-state index contributed by atoms with van der Waals surface area (Å²) in [7, 11) is 3.47. The molecule has 0 saturated carbocycles. The topological polar surface area (TPSA) is 63.5 Å². The molecule has 2 aromatic rings. The molecule has 1 aromatic heterocycles. The molecule has 1 heterocycles. The number of aromatic nitrogens is 2. The molecule has 6 heteroatoms. The second-order valence-corrected chi connectivity index (χ2v) is 5.37. The van der Waals surface area contributed by atoms with Crippen molar-refractivity contribution in [3.63, 3.8) is 0 Å². The minimum atomic E-state index is 0.222. The number of methoxy groups -OCH3 is 1. The minimum Gasteiger partial charge on any atom is -0.383 e. The summed E-state index contributed by atoms with van der Waals surface area (Å²) in [5.74, 6) is 0.794. The molecule has 0 aliphatic rings. The van der Waals surface area contributed by atoms with Gasteiger partial charge < -0.3 is 15.4 Å². The van der Waals surface area contributed by atoms with E-state index in [1.165, 1.54) is 5.56 Å². The van der Waals surface area contributed by atoms with Gasteiger partial charge in [-0.05, 0) is 37.1 Å². The number of aliphatic imine (C=N–C) groups is 1. The van der Waals surface area contributed by atoms with Crippen molar-refractivity contribution in [1.29, 1.82) is 0 Å². The maximum absolute atomic E-state index is 5.11. The highest BCUT2D eigenvalue weighted by atomic mass is 16.5. The predicted molar refractivity (Wildman–Crippen MR) is 93.1 cm³/mol. The number of guanidine groups is 1. The van der Waals surface area contributed by atoms with E-state index in [0.717, 1.165) is 24.6 Å². The Hall–Kier alpha value is -2.34. The van der Waals surface area contributed by atoms with Crippen LogP contribution in [0.25, 0.3) is 5.69 Å². The lowest BCUT2D eigenvalue weighted by Gasteiger charge is -2.17. The van der Waals surface area contributed by atoms with E-state index in [0.29, 0.717) is 6.61 Å². The summed E-state index contributed by atoms with van der Waals surface area (Å²) in [4.78, 5) is 4.22. The van der Waals surface area contributed by atoms with Gasteiger partial charge in [0, 0.05) is 39.1 Å². The molecule has 0 radical (unpaired) electrons. The summed E-state index contributed by atoms with van der Waals surface area (Å²) >= 11 is 0. The van der Waals surface area contributed by atoms with E-state index in [1.54, 1.807) is 20.4 Å². The Bertz CT molecular complexity index is 592. The maximum atomic E-state index is 5.11. The van der Waals surface area contributed by atoms with Crippen molar-refractivity contribution >= 4 is 5.96 Å². The summed E-state index contributed by atoms with van der Waals surface area (Å²) < 4.78 is 6.96. The van der Waals surface area contributed by atoms with Crippen LogP contribution in [0.5, 0.6) is 0 Å².